The predicted octanol–water partition coefficient (Wildman–Crippen LogP) is 3.60. The average molecular weight is 478 g/mol. The molecule has 5 rings (SSSR count). The van der Waals surface area contributed by atoms with Gasteiger partial charge in [0.05, 0.1) is 28.0 Å². The molecule has 0 amide bonds. The Labute approximate surface area is 194 Å². The first-order valence-electron chi connectivity index (χ1n) is 10.6. The van der Waals surface area contributed by atoms with Crippen LogP contribution in [0.25, 0.3) is 16.7 Å². The van der Waals surface area contributed by atoms with Crippen molar-refractivity contribution in [3.63, 3.8) is 0 Å². The molecule has 0 saturated heterocycles. The molecule has 2 heterocycles. The lowest BCUT2D eigenvalue weighted by Crippen LogP contribution is -2.31. The molecule has 10 heteroatoms. The highest BCUT2D eigenvalue weighted by atomic mass is 32.2. The fourth-order valence-corrected chi connectivity index (χ4v) is 5.39. The maximum absolute atomic E-state index is 13.6. The molecule has 0 N–H and O–H groups in total. The minimum atomic E-state index is -4.08. The number of nitrogens with zero attached hydrogens (tertiary/aromatic N) is 5. The number of para-hydroxylation sites is 2. The number of anilines is 1. The zero-order valence-corrected chi connectivity index (χ0v) is 19.0. The van der Waals surface area contributed by atoms with E-state index in [2.05, 4.69) is 10.2 Å². The summed E-state index contributed by atoms with van der Waals surface area (Å²) >= 11 is 0. The zero-order valence-electron chi connectivity index (χ0n) is 18.2. The van der Waals surface area contributed by atoms with E-state index in [4.69, 9.17) is 0 Å². The molecule has 8 nitrogen and oxygen atoms in total. The highest BCUT2D eigenvalue weighted by Crippen LogP contribution is 2.26. The number of hydrogen-bond acceptors (Lipinski definition) is 5. The van der Waals surface area contributed by atoms with Crippen LogP contribution in [0.3, 0.4) is 0 Å². The maximum atomic E-state index is 13.6. The lowest BCUT2D eigenvalue weighted by atomic mass is 10.2. The van der Waals surface area contributed by atoms with Gasteiger partial charge < -0.3 is 0 Å². The second-order valence-electron chi connectivity index (χ2n) is 7.62. The summed E-state index contributed by atoms with van der Waals surface area (Å²) in [5, 5.41) is 8.96. The Balaban J connectivity index is 1.73. The Morgan fingerprint density at radius 2 is 1.59 bits per heavy atom. The lowest BCUT2D eigenvalue weighted by Gasteiger charge is -2.24. The number of benzene rings is 3. The SMILES string of the molecule is CCn1c(=O)c2ccccc2n2c(CN(c3ccccc3)S(=O)(=O)c3ccc(F)cc3)nnc12. The molecule has 5 aromatic rings. The van der Waals surface area contributed by atoms with Gasteiger partial charge in [-0.2, -0.15) is 0 Å². The van der Waals surface area contributed by atoms with Gasteiger partial charge in [-0.05, 0) is 55.5 Å². The lowest BCUT2D eigenvalue weighted by molar-refractivity contribution is 0.588. The van der Waals surface area contributed by atoms with Crippen molar-refractivity contribution in [2.75, 3.05) is 4.31 Å². The summed E-state index contributed by atoms with van der Waals surface area (Å²) in [5.41, 5.74) is 0.805. The van der Waals surface area contributed by atoms with Crippen LogP contribution in [0.4, 0.5) is 10.1 Å². The molecule has 0 radical (unpaired) electrons. The normalized spacial score (nSPS) is 11.8. The number of hydrogen-bond donors (Lipinski definition) is 0. The molecule has 172 valence electrons. The number of aryl methyl sites for hydroxylation is 1. The Bertz CT molecular complexity index is 1660. The third-order valence-electron chi connectivity index (χ3n) is 5.62. The van der Waals surface area contributed by atoms with Crippen LogP contribution in [0, 0.1) is 5.82 Å². The first kappa shape index (κ1) is 21.8. The number of sulfonamides is 1. The molecule has 0 atom stereocenters. The van der Waals surface area contributed by atoms with Crippen LogP contribution in [0.15, 0.2) is 88.6 Å². The van der Waals surface area contributed by atoms with Crippen molar-refractivity contribution in [2.45, 2.75) is 24.9 Å². The van der Waals surface area contributed by atoms with Crippen LogP contribution in [-0.2, 0) is 23.1 Å². The van der Waals surface area contributed by atoms with Crippen molar-refractivity contribution in [3.05, 3.63) is 101 Å². The van der Waals surface area contributed by atoms with Crippen LogP contribution in [0.1, 0.15) is 12.7 Å². The zero-order chi connectivity index (χ0) is 23.9. The van der Waals surface area contributed by atoms with Crippen LogP contribution >= 0.6 is 0 Å². The topological polar surface area (TPSA) is 89.6 Å². The summed E-state index contributed by atoms with van der Waals surface area (Å²) in [6.45, 7) is 2.05. The van der Waals surface area contributed by atoms with E-state index >= 15 is 0 Å². The molecule has 0 unspecified atom stereocenters. The Hall–Kier alpha value is -4.05. The summed E-state index contributed by atoms with van der Waals surface area (Å²) in [7, 11) is -4.08. The van der Waals surface area contributed by atoms with E-state index in [0.717, 1.165) is 12.1 Å². The fourth-order valence-electron chi connectivity index (χ4n) is 3.97. The molecule has 2 aromatic heterocycles. The molecule has 0 spiro atoms. The van der Waals surface area contributed by atoms with E-state index in [0.29, 0.717) is 34.7 Å². The largest absolute Gasteiger partial charge is 0.277 e. The molecule has 0 saturated carbocycles. The van der Waals surface area contributed by atoms with E-state index < -0.39 is 15.8 Å². The van der Waals surface area contributed by atoms with Crippen molar-refractivity contribution in [1.82, 2.24) is 19.2 Å². The van der Waals surface area contributed by atoms with Crippen LogP contribution < -0.4 is 9.86 Å². The van der Waals surface area contributed by atoms with Gasteiger partial charge in [-0.15, -0.1) is 10.2 Å². The van der Waals surface area contributed by atoms with Crippen molar-refractivity contribution in [3.8, 4) is 0 Å². The van der Waals surface area contributed by atoms with Gasteiger partial charge in [0, 0.05) is 6.54 Å². The quantitative estimate of drug-likeness (QED) is 0.373. The second kappa shape index (κ2) is 8.38. The second-order valence-corrected chi connectivity index (χ2v) is 9.48. The third-order valence-corrected chi connectivity index (χ3v) is 7.41. The van der Waals surface area contributed by atoms with Gasteiger partial charge in [-0.25, -0.2) is 12.8 Å². The molecule has 0 aliphatic carbocycles. The van der Waals surface area contributed by atoms with Crippen LogP contribution in [-0.4, -0.2) is 27.6 Å². The summed E-state index contributed by atoms with van der Waals surface area (Å²) in [4.78, 5) is 12.9. The van der Waals surface area contributed by atoms with Crippen LogP contribution in [0.2, 0.25) is 0 Å². The maximum Gasteiger partial charge on any atom is 0.264 e. The molecule has 0 bridgehead atoms. The van der Waals surface area contributed by atoms with Crippen molar-refractivity contribution in [1.29, 1.82) is 0 Å². The average Bonchev–Trinajstić information content (AvgIpc) is 3.27. The van der Waals surface area contributed by atoms with E-state index in [-0.39, 0.29) is 17.0 Å². The van der Waals surface area contributed by atoms with Gasteiger partial charge in [0.15, 0.2) is 5.82 Å². The van der Waals surface area contributed by atoms with Gasteiger partial charge in [0.25, 0.3) is 15.6 Å². The van der Waals surface area contributed by atoms with Gasteiger partial charge in [0.1, 0.15) is 5.82 Å². The van der Waals surface area contributed by atoms with Gasteiger partial charge >= 0.3 is 0 Å². The van der Waals surface area contributed by atoms with Gasteiger partial charge in [0.2, 0.25) is 5.78 Å². The highest BCUT2D eigenvalue weighted by Gasteiger charge is 2.28. The number of rotatable bonds is 6. The smallest absolute Gasteiger partial charge is 0.264 e. The molecular formula is C24H20FN5O3S. The van der Waals surface area contributed by atoms with Crippen molar-refractivity contribution >= 4 is 32.4 Å². The summed E-state index contributed by atoms with van der Waals surface area (Å²) in [5.74, 6) is 0.133. The van der Waals surface area contributed by atoms with E-state index in [1.54, 1.807) is 59.0 Å². The molecule has 3 aromatic carbocycles. The summed E-state index contributed by atoms with van der Waals surface area (Å²) in [6.07, 6.45) is 0. The van der Waals surface area contributed by atoms with Crippen molar-refractivity contribution in [2.24, 2.45) is 0 Å². The molecule has 0 fully saturated rings. The summed E-state index contributed by atoms with van der Waals surface area (Å²) < 4.78 is 45.2. The standard InChI is InChI=1S/C24H20FN5O3S/c1-2-28-23(31)20-10-6-7-11-21(20)30-22(26-27-24(28)30)16-29(18-8-4-3-5-9-18)34(32,33)19-14-12-17(25)13-15-19/h3-15H,2,16H2,1H3. The van der Waals surface area contributed by atoms with E-state index in [1.807, 2.05) is 6.92 Å². The molecule has 0 aliphatic rings. The number of fused-ring (bicyclic) bond motifs is 3. The van der Waals surface area contributed by atoms with Gasteiger partial charge in [-0.3, -0.25) is 18.1 Å². The van der Waals surface area contributed by atoms with E-state index in [1.165, 1.54) is 21.0 Å². The molecule has 0 aliphatic heterocycles. The Morgan fingerprint density at radius 1 is 0.912 bits per heavy atom. The fraction of sp³-hybridized carbons (Fsp3) is 0.125. The summed E-state index contributed by atoms with van der Waals surface area (Å²) in [6, 6.07) is 20.3. The van der Waals surface area contributed by atoms with Crippen molar-refractivity contribution < 1.29 is 12.8 Å². The minimum Gasteiger partial charge on any atom is -0.277 e. The monoisotopic (exact) mass is 477 g/mol. The number of halogens is 1. The minimum absolute atomic E-state index is 0.0538. The molecular weight excluding hydrogens is 457 g/mol. The Kier molecular flexibility index (Phi) is 5.37. The Morgan fingerprint density at radius 3 is 2.29 bits per heavy atom. The first-order chi connectivity index (χ1) is 16.4. The highest BCUT2D eigenvalue weighted by molar-refractivity contribution is 7.92. The molecule has 34 heavy (non-hydrogen) atoms. The predicted molar refractivity (Wildman–Crippen MR) is 127 cm³/mol. The van der Waals surface area contributed by atoms with Crippen LogP contribution in [0.5, 0.6) is 0 Å². The van der Waals surface area contributed by atoms with E-state index in [9.17, 15) is 17.6 Å². The number of aromatic nitrogens is 4. The van der Waals surface area contributed by atoms with Gasteiger partial charge in [-0.1, -0.05) is 30.3 Å². The third kappa shape index (κ3) is 3.52. The first-order valence-corrected chi connectivity index (χ1v) is 12.0.